The minimum Gasteiger partial charge on any atom is -0.378 e. The lowest BCUT2D eigenvalue weighted by Crippen LogP contribution is -2.36. The molecule has 0 radical (unpaired) electrons. The highest BCUT2D eigenvalue weighted by molar-refractivity contribution is 5.01. The predicted molar refractivity (Wildman–Crippen MR) is 77.1 cm³/mol. The van der Waals surface area contributed by atoms with E-state index < -0.39 is 0 Å². The van der Waals surface area contributed by atoms with Gasteiger partial charge in [-0.25, -0.2) is 0 Å². The van der Waals surface area contributed by atoms with Crippen LogP contribution in [0.25, 0.3) is 0 Å². The summed E-state index contributed by atoms with van der Waals surface area (Å²) in [6, 6.07) is 0. The fourth-order valence-electron chi connectivity index (χ4n) is 2.35. The maximum Gasteiger partial charge on any atom is 0.0674 e. The summed E-state index contributed by atoms with van der Waals surface area (Å²) in [5, 5.41) is 0. The topological polar surface area (TPSA) is 9.23 Å². The molecule has 17 heavy (non-hydrogen) atoms. The van der Waals surface area contributed by atoms with Crippen molar-refractivity contribution in [2.45, 2.75) is 38.7 Å². The predicted octanol–water partition coefficient (Wildman–Crippen LogP) is 4.68. The Hall–Kier alpha value is -1.08. The van der Waals surface area contributed by atoms with Gasteiger partial charge in [0.15, 0.2) is 0 Å². The van der Waals surface area contributed by atoms with Gasteiger partial charge in [-0.15, -0.1) is 26.3 Å². The Morgan fingerprint density at radius 1 is 0.941 bits per heavy atom. The molecule has 0 aliphatic heterocycles. The monoisotopic (exact) mass is 234 g/mol. The molecule has 0 N–H and O–H groups in total. The van der Waals surface area contributed by atoms with Gasteiger partial charge in [0.25, 0.3) is 0 Å². The molecule has 0 rings (SSSR count). The highest BCUT2D eigenvalue weighted by atomic mass is 16.5. The van der Waals surface area contributed by atoms with Crippen molar-refractivity contribution in [2.24, 2.45) is 5.41 Å². The molecule has 0 aliphatic rings. The Balaban J connectivity index is 5.12. The van der Waals surface area contributed by atoms with Gasteiger partial charge in [-0.2, -0.15) is 0 Å². The summed E-state index contributed by atoms with van der Waals surface area (Å²) in [6.45, 7) is 18.1. The molecule has 0 saturated heterocycles. The summed E-state index contributed by atoms with van der Waals surface area (Å²) in [5.41, 5.74) is 0.0233. The standard InChI is InChI=1S/C16H26O/c1-6-11-15(17-10-5)16(12-7-2,13-8-3)14-9-4/h6-9,15H,1-4,10-14H2,5H3. The highest BCUT2D eigenvalue weighted by Gasteiger charge is 2.35. The fourth-order valence-corrected chi connectivity index (χ4v) is 2.35. The van der Waals surface area contributed by atoms with Gasteiger partial charge in [-0.3, -0.25) is 0 Å². The van der Waals surface area contributed by atoms with Gasteiger partial charge in [0.1, 0.15) is 0 Å². The first-order valence-corrected chi connectivity index (χ1v) is 6.26. The van der Waals surface area contributed by atoms with Crippen LogP contribution in [0.15, 0.2) is 50.6 Å². The second-order valence-electron chi connectivity index (χ2n) is 4.31. The van der Waals surface area contributed by atoms with Gasteiger partial charge in [0, 0.05) is 12.0 Å². The van der Waals surface area contributed by atoms with Crippen LogP contribution in [0.5, 0.6) is 0 Å². The largest absolute Gasteiger partial charge is 0.378 e. The third kappa shape index (κ3) is 4.74. The van der Waals surface area contributed by atoms with Gasteiger partial charge in [-0.1, -0.05) is 24.3 Å². The van der Waals surface area contributed by atoms with E-state index >= 15 is 0 Å². The molecule has 0 aromatic rings. The number of ether oxygens (including phenoxy) is 1. The summed E-state index contributed by atoms with van der Waals surface area (Å²) < 4.78 is 5.89. The molecule has 0 spiro atoms. The summed E-state index contributed by atoms with van der Waals surface area (Å²) in [5.74, 6) is 0. The lowest BCUT2D eigenvalue weighted by atomic mass is 9.72. The van der Waals surface area contributed by atoms with Crippen LogP contribution < -0.4 is 0 Å². The highest BCUT2D eigenvalue weighted by Crippen LogP contribution is 2.39. The molecule has 1 atom stereocenters. The zero-order chi connectivity index (χ0) is 13.1. The first-order valence-electron chi connectivity index (χ1n) is 6.26. The van der Waals surface area contributed by atoms with E-state index in [2.05, 4.69) is 26.3 Å². The van der Waals surface area contributed by atoms with E-state index in [9.17, 15) is 0 Å². The van der Waals surface area contributed by atoms with Crippen molar-refractivity contribution >= 4 is 0 Å². The lowest BCUT2D eigenvalue weighted by molar-refractivity contribution is -0.0314. The van der Waals surface area contributed by atoms with Crippen molar-refractivity contribution < 1.29 is 4.74 Å². The summed E-state index contributed by atoms with van der Waals surface area (Å²) in [4.78, 5) is 0. The molecular weight excluding hydrogens is 208 g/mol. The Bertz CT molecular complexity index is 226. The van der Waals surface area contributed by atoms with Crippen LogP contribution in [0.3, 0.4) is 0 Å². The number of hydrogen-bond acceptors (Lipinski definition) is 1. The average molecular weight is 234 g/mol. The second-order valence-corrected chi connectivity index (χ2v) is 4.31. The van der Waals surface area contributed by atoms with E-state index in [4.69, 9.17) is 4.74 Å². The van der Waals surface area contributed by atoms with Crippen LogP contribution in [0.2, 0.25) is 0 Å². The van der Waals surface area contributed by atoms with Crippen molar-refractivity contribution in [1.29, 1.82) is 0 Å². The first kappa shape index (κ1) is 15.9. The van der Waals surface area contributed by atoms with Crippen LogP contribution in [0, 0.1) is 5.41 Å². The molecule has 1 unspecified atom stereocenters. The van der Waals surface area contributed by atoms with Crippen LogP contribution >= 0.6 is 0 Å². The average Bonchev–Trinajstić information content (AvgIpc) is 2.29. The van der Waals surface area contributed by atoms with E-state index in [0.29, 0.717) is 6.61 Å². The molecule has 1 heteroatoms. The molecule has 0 fully saturated rings. The molecule has 0 aromatic heterocycles. The molecule has 0 aromatic carbocycles. The summed E-state index contributed by atoms with van der Waals surface area (Å²) in [6.07, 6.45) is 11.5. The van der Waals surface area contributed by atoms with E-state index in [1.807, 2.05) is 31.2 Å². The van der Waals surface area contributed by atoms with Crippen LogP contribution in [-0.4, -0.2) is 12.7 Å². The van der Waals surface area contributed by atoms with Gasteiger partial charge in [0.05, 0.1) is 6.10 Å². The van der Waals surface area contributed by atoms with Crippen molar-refractivity contribution in [1.82, 2.24) is 0 Å². The van der Waals surface area contributed by atoms with Crippen LogP contribution in [-0.2, 0) is 4.74 Å². The number of rotatable bonds is 11. The van der Waals surface area contributed by atoms with Gasteiger partial charge in [0.2, 0.25) is 0 Å². The maximum absolute atomic E-state index is 5.89. The SMILES string of the molecule is C=CCC(OCC)C(CC=C)(CC=C)CC=C. The third-order valence-corrected chi connectivity index (χ3v) is 3.08. The molecule has 1 nitrogen and oxygen atoms in total. The Kier molecular flexibility index (Phi) is 8.43. The van der Waals surface area contributed by atoms with Crippen molar-refractivity contribution in [3.8, 4) is 0 Å². The van der Waals surface area contributed by atoms with Gasteiger partial charge in [-0.05, 0) is 32.6 Å². The lowest BCUT2D eigenvalue weighted by Gasteiger charge is -2.38. The quantitative estimate of drug-likeness (QED) is 0.472. The van der Waals surface area contributed by atoms with Crippen LogP contribution in [0.1, 0.15) is 32.6 Å². The maximum atomic E-state index is 5.89. The zero-order valence-corrected chi connectivity index (χ0v) is 11.2. The molecular formula is C16H26O. The van der Waals surface area contributed by atoms with E-state index in [0.717, 1.165) is 25.7 Å². The van der Waals surface area contributed by atoms with Gasteiger partial charge < -0.3 is 4.74 Å². The smallest absolute Gasteiger partial charge is 0.0674 e. The normalized spacial score (nSPS) is 12.8. The van der Waals surface area contributed by atoms with Crippen molar-refractivity contribution in [3.05, 3.63) is 50.6 Å². The summed E-state index contributed by atoms with van der Waals surface area (Å²) >= 11 is 0. The molecule has 0 amide bonds. The van der Waals surface area contributed by atoms with Gasteiger partial charge >= 0.3 is 0 Å². The second kappa shape index (κ2) is 9.00. The molecule has 0 bridgehead atoms. The Labute approximate surface area is 107 Å². The summed E-state index contributed by atoms with van der Waals surface area (Å²) in [7, 11) is 0. The zero-order valence-electron chi connectivity index (χ0n) is 11.2. The molecule has 0 aliphatic carbocycles. The molecule has 0 saturated carbocycles. The molecule has 96 valence electrons. The van der Waals surface area contributed by atoms with Crippen molar-refractivity contribution in [3.63, 3.8) is 0 Å². The number of allylic oxidation sites excluding steroid dienone is 3. The Morgan fingerprint density at radius 3 is 1.71 bits per heavy atom. The fraction of sp³-hybridized carbons (Fsp3) is 0.500. The van der Waals surface area contributed by atoms with Crippen molar-refractivity contribution in [2.75, 3.05) is 6.61 Å². The van der Waals surface area contributed by atoms with Crippen LogP contribution in [0.4, 0.5) is 0 Å². The minimum absolute atomic E-state index is 0.0233. The first-order chi connectivity index (χ1) is 8.20. The Morgan fingerprint density at radius 2 is 1.41 bits per heavy atom. The van der Waals surface area contributed by atoms with E-state index in [1.54, 1.807) is 0 Å². The van der Waals surface area contributed by atoms with E-state index in [1.165, 1.54) is 0 Å². The number of hydrogen-bond donors (Lipinski definition) is 0. The molecule has 0 heterocycles. The van der Waals surface area contributed by atoms with E-state index in [-0.39, 0.29) is 11.5 Å². The minimum atomic E-state index is 0.0233. The third-order valence-electron chi connectivity index (χ3n) is 3.08.